The Morgan fingerprint density at radius 3 is 3.00 bits per heavy atom. The second-order valence-electron chi connectivity index (χ2n) is 3.16. The van der Waals surface area contributed by atoms with Crippen molar-refractivity contribution >= 4 is 16.9 Å². The first-order valence-electron chi connectivity index (χ1n) is 4.72. The lowest BCUT2D eigenvalue weighted by atomic mass is 10.2. The molecule has 4 nitrogen and oxygen atoms in total. The average Bonchev–Trinajstić information content (AvgIpc) is 2.17. The molecule has 0 radical (unpaired) electrons. The van der Waals surface area contributed by atoms with Crippen LogP contribution >= 0.6 is 0 Å². The molecule has 0 saturated heterocycles. The van der Waals surface area contributed by atoms with Gasteiger partial charge in [-0.25, -0.2) is 0 Å². The summed E-state index contributed by atoms with van der Waals surface area (Å²) in [6.07, 6.45) is 0. The molecule has 4 heteroatoms. The SMILES string of the molecule is CCNc1cc(=O)c2c(O)cccc2o1. The molecule has 78 valence electrons. The third-order valence-electron chi connectivity index (χ3n) is 2.08. The number of hydrogen-bond acceptors (Lipinski definition) is 4. The van der Waals surface area contributed by atoms with E-state index in [1.807, 2.05) is 6.92 Å². The fourth-order valence-electron chi connectivity index (χ4n) is 1.45. The maximum atomic E-state index is 11.6. The highest BCUT2D eigenvalue weighted by Gasteiger charge is 2.07. The van der Waals surface area contributed by atoms with Gasteiger partial charge in [0.25, 0.3) is 0 Å². The number of nitrogens with one attached hydrogen (secondary N) is 1. The number of benzene rings is 1. The van der Waals surface area contributed by atoms with Gasteiger partial charge in [0.2, 0.25) is 0 Å². The number of fused-ring (bicyclic) bond motifs is 1. The van der Waals surface area contributed by atoms with Gasteiger partial charge in [0, 0.05) is 12.6 Å². The van der Waals surface area contributed by atoms with E-state index < -0.39 is 0 Å². The lowest BCUT2D eigenvalue weighted by Crippen LogP contribution is -2.04. The van der Waals surface area contributed by atoms with Crippen LogP contribution in [-0.4, -0.2) is 11.7 Å². The molecule has 1 aromatic carbocycles. The zero-order valence-electron chi connectivity index (χ0n) is 8.28. The zero-order chi connectivity index (χ0) is 10.8. The second kappa shape index (κ2) is 3.65. The summed E-state index contributed by atoms with van der Waals surface area (Å²) in [5, 5.41) is 12.6. The van der Waals surface area contributed by atoms with Crippen molar-refractivity contribution in [3.05, 3.63) is 34.5 Å². The van der Waals surface area contributed by atoms with Crippen molar-refractivity contribution in [2.45, 2.75) is 6.92 Å². The summed E-state index contributed by atoms with van der Waals surface area (Å²) in [5.74, 6) is 0.366. The highest BCUT2D eigenvalue weighted by Crippen LogP contribution is 2.22. The summed E-state index contributed by atoms with van der Waals surface area (Å²) < 4.78 is 5.39. The summed E-state index contributed by atoms with van der Waals surface area (Å²) in [6, 6.07) is 6.09. The topological polar surface area (TPSA) is 62.5 Å². The van der Waals surface area contributed by atoms with Crippen molar-refractivity contribution in [2.24, 2.45) is 0 Å². The predicted octanol–water partition coefficient (Wildman–Crippen LogP) is 1.93. The van der Waals surface area contributed by atoms with Gasteiger partial charge in [-0.15, -0.1) is 0 Å². The van der Waals surface area contributed by atoms with Crippen LogP contribution in [0.3, 0.4) is 0 Å². The van der Waals surface area contributed by atoms with E-state index in [4.69, 9.17) is 4.42 Å². The van der Waals surface area contributed by atoms with Crippen LogP contribution < -0.4 is 10.7 Å². The molecule has 0 bridgehead atoms. The van der Waals surface area contributed by atoms with Gasteiger partial charge in [0.15, 0.2) is 11.3 Å². The molecule has 0 aliphatic heterocycles. The number of rotatable bonds is 2. The smallest absolute Gasteiger partial charge is 0.198 e. The Hall–Kier alpha value is -1.97. The molecule has 1 heterocycles. The van der Waals surface area contributed by atoms with E-state index >= 15 is 0 Å². The van der Waals surface area contributed by atoms with Crippen LogP contribution in [-0.2, 0) is 0 Å². The van der Waals surface area contributed by atoms with E-state index in [9.17, 15) is 9.90 Å². The van der Waals surface area contributed by atoms with Gasteiger partial charge < -0.3 is 14.8 Å². The summed E-state index contributed by atoms with van der Waals surface area (Å²) in [7, 11) is 0. The van der Waals surface area contributed by atoms with Gasteiger partial charge in [0.05, 0.1) is 0 Å². The summed E-state index contributed by atoms with van der Waals surface area (Å²) in [5.41, 5.74) is 0.142. The first kappa shape index (κ1) is 9.58. The molecule has 0 aliphatic carbocycles. The zero-order valence-corrected chi connectivity index (χ0v) is 8.28. The van der Waals surface area contributed by atoms with Crippen LogP contribution in [0.1, 0.15) is 6.92 Å². The highest BCUT2D eigenvalue weighted by molar-refractivity contribution is 5.83. The highest BCUT2D eigenvalue weighted by atomic mass is 16.3. The van der Waals surface area contributed by atoms with Gasteiger partial charge in [-0.1, -0.05) is 6.07 Å². The molecule has 2 aromatic rings. The van der Waals surface area contributed by atoms with Crippen LogP contribution in [0.15, 0.2) is 33.5 Å². The summed E-state index contributed by atoms with van der Waals surface area (Å²) >= 11 is 0. The second-order valence-corrected chi connectivity index (χ2v) is 3.16. The number of phenolic OH excluding ortho intramolecular Hbond substituents is 1. The van der Waals surface area contributed by atoms with Gasteiger partial charge in [-0.2, -0.15) is 0 Å². The van der Waals surface area contributed by atoms with Crippen molar-refractivity contribution in [2.75, 3.05) is 11.9 Å². The van der Waals surface area contributed by atoms with E-state index in [0.29, 0.717) is 18.0 Å². The molecule has 0 fully saturated rings. The third-order valence-corrected chi connectivity index (χ3v) is 2.08. The fourth-order valence-corrected chi connectivity index (χ4v) is 1.45. The molecule has 0 aliphatic rings. The molecule has 1 aromatic heterocycles. The maximum Gasteiger partial charge on any atom is 0.198 e. The predicted molar refractivity (Wildman–Crippen MR) is 58.3 cm³/mol. The Bertz CT molecular complexity index is 545. The van der Waals surface area contributed by atoms with Crippen LogP contribution in [0, 0.1) is 0 Å². The van der Waals surface area contributed by atoms with Crippen molar-refractivity contribution in [1.29, 1.82) is 0 Å². The minimum atomic E-state index is -0.245. The van der Waals surface area contributed by atoms with Crippen molar-refractivity contribution < 1.29 is 9.52 Å². The minimum absolute atomic E-state index is 0.0516. The Kier molecular flexibility index (Phi) is 2.33. The Morgan fingerprint density at radius 1 is 1.47 bits per heavy atom. The number of aromatic hydroxyl groups is 1. The van der Waals surface area contributed by atoms with E-state index in [-0.39, 0.29) is 16.6 Å². The fraction of sp³-hybridized carbons (Fsp3) is 0.182. The third kappa shape index (κ3) is 1.66. The Labute approximate surface area is 86.2 Å². The van der Waals surface area contributed by atoms with Crippen LogP contribution in [0.25, 0.3) is 11.0 Å². The van der Waals surface area contributed by atoms with E-state index in [1.165, 1.54) is 12.1 Å². The Balaban J connectivity index is 2.73. The number of hydrogen-bond donors (Lipinski definition) is 2. The largest absolute Gasteiger partial charge is 0.507 e. The molecule has 0 atom stereocenters. The van der Waals surface area contributed by atoms with E-state index in [2.05, 4.69) is 5.32 Å². The molecule has 0 unspecified atom stereocenters. The van der Waals surface area contributed by atoms with Crippen molar-refractivity contribution in [1.82, 2.24) is 0 Å². The average molecular weight is 205 g/mol. The van der Waals surface area contributed by atoms with Gasteiger partial charge in [-0.05, 0) is 19.1 Å². The molecule has 0 amide bonds. The quantitative estimate of drug-likeness (QED) is 0.786. The molecular weight excluding hydrogens is 194 g/mol. The number of phenols is 1. The molecule has 0 saturated carbocycles. The van der Waals surface area contributed by atoms with Crippen LogP contribution in [0.4, 0.5) is 5.88 Å². The van der Waals surface area contributed by atoms with E-state index in [0.717, 1.165) is 0 Å². The summed E-state index contributed by atoms with van der Waals surface area (Å²) in [6.45, 7) is 2.58. The molecule has 0 spiro atoms. The first-order chi connectivity index (χ1) is 7.22. The number of anilines is 1. The van der Waals surface area contributed by atoms with E-state index in [1.54, 1.807) is 12.1 Å². The molecular formula is C11H11NO3. The van der Waals surface area contributed by atoms with Gasteiger partial charge in [0.1, 0.15) is 16.7 Å². The maximum absolute atomic E-state index is 11.6. The van der Waals surface area contributed by atoms with Crippen LogP contribution in [0.2, 0.25) is 0 Å². The lowest BCUT2D eigenvalue weighted by molar-refractivity contribution is 0.479. The summed E-state index contributed by atoms with van der Waals surface area (Å²) in [4.78, 5) is 11.6. The van der Waals surface area contributed by atoms with Gasteiger partial charge >= 0.3 is 0 Å². The van der Waals surface area contributed by atoms with Crippen molar-refractivity contribution in [3.8, 4) is 5.75 Å². The molecule has 2 N–H and O–H groups in total. The molecule has 2 rings (SSSR count). The molecule has 15 heavy (non-hydrogen) atoms. The normalized spacial score (nSPS) is 10.5. The first-order valence-corrected chi connectivity index (χ1v) is 4.72. The minimum Gasteiger partial charge on any atom is -0.507 e. The van der Waals surface area contributed by atoms with Gasteiger partial charge in [-0.3, -0.25) is 4.79 Å². The Morgan fingerprint density at radius 2 is 2.27 bits per heavy atom. The lowest BCUT2D eigenvalue weighted by Gasteiger charge is -2.04. The van der Waals surface area contributed by atoms with Crippen LogP contribution in [0.5, 0.6) is 5.75 Å². The standard InChI is InChI=1S/C11H11NO3/c1-2-12-10-6-8(14)11-7(13)4-3-5-9(11)15-10/h3-6,12-13H,2H2,1H3. The van der Waals surface area contributed by atoms with Crippen molar-refractivity contribution in [3.63, 3.8) is 0 Å². The monoisotopic (exact) mass is 205 g/mol.